The van der Waals surface area contributed by atoms with Gasteiger partial charge in [0, 0.05) is 17.2 Å². The molecule has 0 saturated carbocycles. The van der Waals surface area contributed by atoms with Crippen molar-refractivity contribution in [3.63, 3.8) is 0 Å². The normalized spacial score (nSPS) is 9.40. The summed E-state index contributed by atoms with van der Waals surface area (Å²) in [5.41, 5.74) is 6.68. The van der Waals surface area contributed by atoms with Crippen molar-refractivity contribution in [2.45, 2.75) is 0 Å². The van der Waals surface area contributed by atoms with Crippen LogP contribution < -0.4 is 5.73 Å². The first-order valence-corrected chi connectivity index (χ1v) is 5.09. The summed E-state index contributed by atoms with van der Waals surface area (Å²) in [6, 6.07) is 5.09. The molecule has 0 radical (unpaired) electrons. The highest BCUT2D eigenvalue weighted by Gasteiger charge is 2.14. The third kappa shape index (κ3) is 2.74. The standard InChI is InChI=1S/C11H11BrN2O/c1-3-6-14(2)11(15)9-7-8(13)4-5-10(9)12/h1,4-5,7H,6,13H2,2H3. The van der Waals surface area contributed by atoms with Crippen LogP contribution in [0.1, 0.15) is 10.4 Å². The Bertz CT molecular complexity index is 423. The zero-order valence-corrected chi connectivity index (χ0v) is 9.91. The molecule has 2 N–H and O–H groups in total. The van der Waals surface area contributed by atoms with Gasteiger partial charge in [0.15, 0.2) is 0 Å². The summed E-state index contributed by atoms with van der Waals surface area (Å²) in [5.74, 6) is 2.26. The number of benzene rings is 1. The maximum Gasteiger partial charge on any atom is 0.255 e. The fourth-order valence-electron chi connectivity index (χ4n) is 1.12. The Morgan fingerprint density at radius 1 is 1.67 bits per heavy atom. The van der Waals surface area contributed by atoms with E-state index in [0.717, 1.165) is 0 Å². The molecule has 1 aromatic rings. The number of rotatable bonds is 2. The molecule has 3 nitrogen and oxygen atoms in total. The van der Waals surface area contributed by atoms with Crippen molar-refractivity contribution in [1.29, 1.82) is 0 Å². The van der Waals surface area contributed by atoms with Crippen molar-refractivity contribution in [2.75, 3.05) is 19.3 Å². The molecule has 0 aliphatic heterocycles. The van der Waals surface area contributed by atoms with Crippen LogP contribution in [0.5, 0.6) is 0 Å². The Kier molecular flexibility index (Phi) is 3.75. The van der Waals surface area contributed by atoms with Crippen molar-refractivity contribution >= 4 is 27.5 Å². The van der Waals surface area contributed by atoms with Gasteiger partial charge in [-0.1, -0.05) is 5.92 Å². The summed E-state index contributed by atoms with van der Waals surface area (Å²) in [6.45, 7) is 0.278. The van der Waals surface area contributed by atoms with Gasteiger partial charge in [0.05, 0.1) is 12.1 Å². The first-order valence-electron chi connectivity index (χ1n) is 4.30. The number of nitrogens with zero attached hydrogens (tertiary/aromatic N) is 1. The average Bonchev–Trinajstić information content (AvgIpc) is 2.21. The molecule has 15 heavy (non-hydrogen) atoms. The van der Waals surface area contributed by atoms with Gasteiger partial charge in [-0.05, 0) is 34.1 Å². The van der Waals surface area contributed by atoms with Gasteiger partial charge in [0.1, 0.15) is 0 Å². The molecule has 0 fully saturated rings. The average molecular weight is 267 g/mol. The predicted molar refractivity (Wildman–Crippen MR) is 64.3 cm³/mol. The van der Waals surface area contributed by atoms with Crippen molar-refractivity contribution in [3.05, 3.63) is 28.2 Å². The molecule has 78 valence electrons. The summed E-state index contributed by atoms with van der Waals surface area (Å²) < 4.78 is 0.713. The Morgan fingerprint density at radius 2 is 2.33 bits per heavy atom. The van der Waals surface area contributed by atoms with Crippen molar-refractivity contribution < 1.29 is 4.79 Å². The Morgan fingerprint density at radius 3 is 2.93 bits per heavy atom. The number of nitrogens with two attached hydrogens (primary N) is 1. The number of amides is 1. The van der Waals surface area contributed by atoms with Crippen LogP contribution in [0.3, 0.4) is 0 Å². The smallest absolute Gasteiger partial charge is 0.255 e. The minimum Gasteiger partial charge on any atom is -0.399 e. The van der Waals surface area contributed by atoms with Crippen LogP contribution in [0.25, 0.3) is 0 Å². The Labute approximate surface area is 97.4 Å². The second kappa shape index (κ2) is 4.85. The summed E-state index contributed by atoms with van der Waals surface area (Å²) in [4.78, 5) is 13.3. The van der Waals surface area contributed by atoms with E-state index in [1.165, 1.54) is 4.90 Å². The third-order valence-electron chi connectivity index (χ3n) is 1.90. The molecule has 1 aromatic carbocycles. The second-order valence-corrected chi connectivity index (χ2v) is 3.96. The maximum absolute atomic E-state index is 11.9. The van der Waals surface area contributed by atoms with Crippen molar-refractivity contribution in [3.8, 4) is 12.3 Å². The fourth-order valence-corrected chi connectivity index (χ4v) is 1.54. The van der Waals surface area contributed by atoms with E-state index in [0.29, 0.717) is 15.7 Å². The number of hydrogen-bond acceptors (Lipinski definition) is 2. The van der Waals surface area contributed by atoms with Gasteiger partial charge in [0.25, 0.3) is 5.91 Å². The minimum absolute atomic E-state index is 0.146. The molecule has 0 spiro atoms. The van der Waals surface area contributed by atoms with E-state index >= 15 is 0 Å². The SMILES string of the molecule is C#CCN(C)C(=O)c1cc(N)ccc1Br. The Balaban J connectivity index is 3.01. The van der Waals surface area contributed by atoms with Gasteiger partial charge in [-0.3, -0.25) is 4.79 Å². The molecular weight excluding hydrogens is 256 g/mol. The number of carbonyl (C=O) groups excluding carboxylic acids is 1. The summed E-state index contributed by atoms with van der Waals surface area (Å²) in [6.07, 6.45) is 5.13. The minimum atomic E-state index is -0.146. The van der Waals surface area contributed by atoms with Crippen molar-refractivity contribution in [2.24, 2.45) is 0 Å². The first-order chi connectivity index (χ1) is 7.06. The molecule has 0 saturated heterocycles. The van der Waals surface area contributed by atoms with E-state index < -0.39 is 0 Å². The lowest BCUT2D eigenvalue weighted by Gasteiger charge is -2.15. The Hall–Kier alpha value is -1.47. The zero-order valence-electron chi connectivity index (χ0n) is 8.33. The number of carbonyl (C=O) groups is 1. The summed E-state index contributed by atoms with van der Waals surface area (Å²) in [7, 11) is 1.65. The first kappa shape index (κ1) is 11.6. The lowest BCUT2D eigenvalue weighted by atomic mass is 10.2. The number of halogens is 1. The highest BCUT2D eigenvalue weighted by Crippen LogP contribution is 2.20. The second-order valence-electron chi connectivity index (χ2n) is 3.10. The molecule has 0 aromatic heterocycles. The van der Waals surface area contributed by atoms with Crippen LogP contribution in [-0.2, 0) is 0 Å². The van der Waals surface area contributed by atoms with E-state index in [1.54, 1.807) is 25.2 Å². The van der Waals surface area contributed by atoms with Crippen LogP contribution >= 0.6 is 15.9 Å². The van der Waals surface area contributed by atoms with Crippen LogP contribution in [0.15, 0.2) is 22.7 Å². The molecule has 0 aliphatic rings. The summed E-state index contributed by atoms with van der Waals surface area (Å²) >= 11 is 3.30. The summed E-state index contributed by atoms with van der Waals surface area (Å²) in [5, 5.41) is 0. The lowest BCUT2D eigenvalue weighted by molar-refractivity contribution is 0.0812. The third-order valence-corrected chi connectivity index (χ3v) is 2.59. The number of hydrogen-bond donors (Lipinski definition) is 1. The monoisotopic (exact) mass is 266 g/mol. The number of anilines is 1. The zero-order chi connectivity index (χ0) is 11.4. The van der Waals surface area contributed by atoms with E-state index in [2.05, 4.69) is 21.9 Å². The maximum atomic E-state index is 11.9. The van der Waals surface area contributed by atoms with Crippen LogP contribution in [-0.4, -0.2) is 24.4 Å². The van der Waals surface area contributed by atoms with Gasteiger partial charge in [-0.15, -0.1) is 6.42 Å². The lowest BCUT2D eigenvalue weighted by Crippen LogP contribution is -2.27. The predicted octanol–water partition coefficient (Wildman–Crippen LogP) is 1.74. The highest BCUT2D eigenvalue weighted by molar-refractivity contribution is 9.10. The molecular formula is C11H11BrN2O. The topological polar surface area (TPSA) is 46.3 Å². The van der Waals surface area contributed by atoms with Crippen LogP contribution in [0.2, 0.25) is 0 Å². The molecule has 1 rings (SSSR count). The molecule has 1 amide bonds. The van der Waals surface area contributed by atoms with Crippen LogP contribution in [0, 0.1) is 12.3 Å². The van der Waals surface area contributed by atoms with Gasteiger partial charge in [0.2, 0.25) is 0 Å². The fraction of sp³-hybridized carbons (Fsp3) is 0.182. The van der Waals surface area contributed by atoms with E-state index in [4.69, 9.17) is 12.2 Å². The van der Waals surface area contributed by atoms with E-state index in [1.807, 2.05) is 0 Å². The molecule has 0 atom stereocenters. The molecule has 0 heterocycles. The quantitative estimate of drug-likeness (QED) is 0.655. The van der Waals surface area contributed by atoms with Crippen LogP contribution in [0.4, 0.5) is 5.69 Å². The molecule has 0 unspecified atom stereocenters. The van der Waals surface area contributed by atoms with Crippen molar-refractivity contribution in [1.82, 2.24) is 4.90 Å². The molecule has 0 aliphatic carbocycles. The van der Waals surface area contributed by atoms with E-state index in [9.17, 15) is 4.79 Å². The largest absolute Gasteiger partial charge is 0.399 e. The van der Waals surface area contributed by atoms with Gasteiger partial charge >= 0.3 is 0 Å². The number of terminal acetylenes is 1. The molecule has 0 bridgehead atoms. The van der Waals surface area contributed by atoms with E-state index in [-0.39, 0.29) is 12.5 Å². The van der Waals surface area contributed by atoms with Gasteiger partial charge in [-0.2, -0.15) is 0 Å². The van der Waals surface area contributed by atoms with Gasteiger partial charge < -0.3 is 10.6 Å². The highest BCUT2D eigenvalue weighted by atomic mass is 79.9. The number of nitrogen functional groups attached to an aromatic ring is 1. The van der Waals surface area contributed by atoms with Gasteiger partial charge in [-0.25, -0.2) is 0 Å². The molecule has 4 heteroatoms.